The van der Waals surface area contributed by atoms with Crippen molar-refractivity contribution in [3.63, 3.8) is 0 Å². The zero-order valence-corrected chi connectivity index (χ0v) is 14.1. The molecule has 0 spiro atoms. The molecule has 0 atom stereocenters. The van der Waals surface area contributed by atoms with E-state index < -0.39 is 0 Å². The Morgan fingerprint density at radius 3 is 2.59 bits per heavy atom. The van der Waals surface area contributed by atoms with Gasteiger partial charge in [-0.15, -0.1) is 11.3 Å². The van der Waals surface area contributed by atoms with Crippen molar-refractivity contribution in [2.24, 2.45) is 0 Å². The molecule has 0 N–H and O–H groups in total. The molecule has 0 radical (unpaired) electrons. The molecule has 0 aliphatic heterocycles. The Hall–Kier alpha value is -1.64. The second-order valence-electron chi connectivity index (χ2n) is 5.50. The Morgan fingerprint density at radius 1 is 1.00 bits per heavy atom. The summed E-state index contributed by atoms with van der Waals surface area (Å²) in [5.74, 6) is -0.377. The highest BCUT2D eigenvalue weighted by Crippen LogP contribution is 2.32. The van der Waals surface area contributed by atoms with Crippen LogP contribution < -0.4 is 0 Å². The molecule has 2 aromatic carbocycles. The molecule has 0 amide bonds. The monoisotopic (exact) mass is 330 g/mol. The summed E-state index contributed by atoms with van der Waals surface area (Å²) in [7, 11) is 0. The van der Waals surface area contributed by atoms with Gasteiger partial charge < -0.3 is 0 Å². The predicted molar refractivity (Wildman–Crippen MR) is 93.4 cm³/mol. The van der Waals surface area contributed by atoms with Crippen molar-refractivity contribution in [2.75, 3.05) is 0 Å². The first-order chi connectivity index (χ1) is 10.5. The summed E-state index contributed by atoms with van der Waals surface area (Å²) < 4.78 is 13.3. The van der Waals surface area contributed by atoms with Gasteiger partial charge >= 0.3 is 0 Å². The van der Waals surface area contributed by atoms with E-state index in [0.717, 1.165) is 16.9 Å². The van der Waals surface area contributed by atoms with Crippen LogP contribution in [0.1, 0.15) is 21.6 Å². The van der Waals surface area contributed by atoms with Gasteiger partial charge in [-0.3, -0.25) is 0 Å². The summed E-state index contributed by atoms with van der Waals surface area (Å²) in [6.07, 6.45) is 0.924. The number of hydrogen-bond acceptors (Lipinski definition) is 1. The van der Waals surface area contributed by atoms with Crippen LogP contribution in [0.4, 0.5) is 4.39 Å². The van der Waals surface area contributed by atoms with E-state index in [9.17, 15) is 4.39 Å². The van der Waals surface area contributed by atoms with E-state index in [1.54, 1.807) is 23.5 Å². The molecule has 0 unspecified atom stereocenters. The van der Waals surface area contributed by atoms with E-state index in [-0.39, 0.29) is 10.8 Å². The third kappa shape index (κ3) is 3.23. The number of thiophene rings is 1. The van der Waals surface area contributed by atoms with Crippen LogP contribution in [0.15, 0.2) is 48.5 Å². The maximum atomic E-state index is 13.3. The van der Waals surface area contributed by atoms with Crippen LogP contribution in [0.3, 0.4) is 0 Å². The summed E-state index contributed by atoms with van der Waals surface area (Å²) >= 11 is 7.60. The Morgan fingerprint density at radius 2 is 1.82 bits per heavy atom. The number of halogens is 2. The van der Waals surface area contributed by atoms with Crippen LogP contribution in [0, 0.1) is 19.7 Å². The summed E-state index contributed by atoms with van der Waals surface area (Å²) in [4.78, 5) is 2.41. The molecule has 3 heteroatoms. The zero-order chi connectivity index (χ0) is 15.7. The fraction of sp³-hybridized carbons (Fsp3) is 0.158. The lowest BCUT2D eigenvalue weighted by molar-refractivity contribution is 0.628. The van der Waals surface area contributed by atoms with Gasteiger partial charge in [0.2, 0.25) is 0 Å². The lowest BCUT2D eigenvalue weighted by Crippen LogP contribution is -1.90. The predicted octanol–water partition coefficient (Wildman–Crippen LogP) is 6.42. The minimum absolute atomic E-state index is 0.168. The highest BCUT2D eigenvalue weighted by atomic mass is 35.5. The van der Waals surface area contributed by atoms with Crippen molar-refractivity contribution in [1.29, 1.82) is 0 Å². The van der Waals surface area contributed by atoms with Gasteiger partial charge in [0, 0.05) is 16.2 Å². The first kappa shape index (κ1) is 15.3. The van der Waals surface area contributed by atoms with Crippen LogP contribution in [-0.2, 0) is 6.42 Å². The zero-order valence-electron chi connectivity index (χ0n) is 12.5. The highest BCUT2D eigenvalue weighted by Gasteiger charge is 2.08. The molecule has 0 saturated carbocycles. The highest BCUT2D eigenvalue weighted by molar-refractivity contribution is 7.15. The Kier molecular flexibility index (Phi) is 4.32. The van der Waals surface area contributed by atoms with Gasteiger partial charge in [-0.25, -0.2) is 4.39 Å². The van der Waals surface area contributed by atoms with Crippen molar-refractivity contribution in [3.05, 3.63) is 80.9 Å². The minimum Gasteiger partial charge on any atom is -0.205 e. The van der Waals surface area contributed by atoms with Crippen LogP contribution in [-0.4, -0.2) is 0 Å². The molecule has 0 fully saturated rings. The molecule has 0 aliphatic rings. The van der Waals surface area contributed by atoms with Crippen molar-refractivity contribution in [3.8, 4) is 10.4 Å². The van der Waals surface area contributed by atoms with Crippen LogP contribution in [0.5, 0.6) is 0 Å². The summed E-state index contributed by atoms with van der Waals surface area (Å²) in [5, 5.41) is 0.168. The third-order valence-electron chi connectivity index (χ3n) is 3.74. The van der Waals surface area contributed by atoms with E-state index in [0.29, 0.717) is 0 Å². The molecule has 112 valence electrons. The van der Waals surface area contributed by atoms with Gasteiger partial charge in [-0.2, -0.15) is 0 Å². The molecule has 1 heterocycles. The van der Waals surface area contributed by atoms with Gasteiger partial charge in [0.05, 0.1) is 5.02 Å². The molecule has 22 heavy (non-hydrogen) atoms. The second kappa shape index (κ2) is 6.23. The summed E-state index contributed by atoms with van der Waals surface area (Å²) in [6.45, 7) is 4.26. The average Bonchev–Trinajstić information content (AvgIpc) is 2.94. The smallest absolute Gasteiger partial charge is 0.141 e. The lowest BCUT2D eigenvalue weighted by atomic mass is 10.0. The quantitative estimate of drug-likeness (QED) is 0.520. The van der Waals surface area contributed by atoms with E-state index in [2.05, 4.69) is 44.2 Å². The van der Waals surface area contributed by atoms with Crippen molar-refractivity contribution >= 4 is 22.9 Å². The second-order valence-corrected chi connectivity index (χ2v) is 7.08. The molecule has 0 saturated heterocycles. The first-order valence-corrected chi connectivity index (χ1v) is 8.32. The number of aryl methyl sites for hydroxylation is 2. The lowest BCUT2D eigenvalue weighted by Gasteiger charge is -2.05. The average molecular weight is 331 g/mol. The summed E-state index contributed by atoms with van der Waals surface area (Å²) in [5.41, 5.74) is 4.90. The van der Waals surface area contributed by atoms with E-state index in [4.69, 9.17) is 11.6 Å². The van der Waals surface area contributed by atoms with Gasteiger partial charge in [0.1, 0.15) is 5.82 Å². The van der Waals surface area contributed by atoms with Crippen LogP contribution in [0.2, 0.25) is 5.02 Å². The molecule has 0 nitrogen and oxygen atoms in total. The molecular formula is C19H16ClFS. The summed E-state index contributed by atoms with van der Waals surface area (Å²) in [6, 6.07) is 15.6. The molecule has 0 aliphatic carbocycles. The standard InChI is InChI=1S/C19H16ClFS/c1-12-3-4-13(2)15(9-12)10-16-6-8-19(22-16)14-5-7-18(21)17(20)11-14/h3-9,11H,10H2,1-2H3. The maximum absolute atomic E-state index is 13.3. The van der Waals surface area contributed by atoms with E-state index in [1.165, 1.54) is 27.6 Å². The first-order valence-electron chi connectivity index (χ1n) is 7.13. The molecule has 1 aromatic heterocycles. The van der Waals surface area contributed by atoms with Gasteiger partial charge in [0.15, 0.2) is 0 Å². The van der Waals surface area contributed by atoms with Crippen molar-refractivity contribution in [1.82, 2.24) is 0 Å². The van der Waals surface area contributed by atoms with Gasteiger partial charge in [-0.05, 0) is 54.8 Å². The van der Waals surface area contributed by atoms with Crippen molar-refractivity contribution in [2.45, 2.75) is 20.3 Å². The number of benzene rings is 2. The van der Waals surface area contributed by atoms with E-state index in [1.807, 2.05) is 0 Å². The molecule has 3 aromatic rings. The number of hydrogen-bond donors (Lipinski definition) is 0. The van der Waals surface area contributed by atoms with Crippen molar-refractivity contribution < 1.29 is 4.39 Å². The SMILES string of the molecule is Cc1ccc(C)c(Cc2ccc(-c3ccc(F)c(Cl)c3)s2)c1. The fourth-order valence-electron chi connectivity index (χ4n) is 2.46. The van der Waals surface area contributed by atoms with Crippen LogP contribution in [0.25, 0.3) is 10.4 Å². The fourth-order valence-corrected chi connectivity index (χ4v) is 3.66. The Balaban J connectivity index is 1.87. The van der Waals surface area contributed by atoms with Gasteiger partial charge in [-0.1, -0.05) is 41.4 Å². The Labute approximate surface area is 139 Å². The minimum atomic E-state index is -0.377. The molecular weight excluding hydrogens is 315 g/mol. The Bertz CT molecular complexity index is 820. The topological polar surface area (TPSA) is 0 Å². The largest absolute Gasteiger partial charge is 0.205 e. The van der Waals surface area contributed by atoms with Gasteiger partial charge in [0.25, 0.3) is 0 Å². The van der Waals surface area contributed by atoms with Crippen LogP contribution >= 0.6 is 22.9 Å². The normalized spacial score (nSPS) is 10.9. The number of rotatable bonds is 3. The molecule has 3 rings (SSSR count). The maximum Gasteiger partial charge on any atom is 0.141 e. The van der Waals surface area contributed by atoms with E-state index >= 15 is 0 Å². The third-order valence-corrected chi connectivity index (χ3v) is 5.16. The molecule has 0 bridgehead atoms.